The zero-order valence-electron chi connectivity index (χ0n) is 38.1. The van der Waals surface area contributed by atoms with Crippen molar-refractivity contribution in [2.45, 2.75) is 107 Å². The van der Waals surface area contributed by atoms with Crippen molar-refractivity contribution in [1.29, 1.82) is 0 Å². The number of allylic oxidation sites excluding steroid dienone is 5. The molecule has 3 N–H and O–H groups in total. The van der Waals surface area contributed by atoms with Gasteiger partial charge in [0.1, 0.15) is 5.76 Å². The van der Waals surface area contributed by atoms with E-state index >= 15 is 0 Å². The number of aliphatic hydroxyl groups excluding tert-OH is 1. The van der Waals surface area contributed by atoms with Crippen LogP contribution in [0.2, 0.25) is 0 Å². The monoisotopic (exact) mass is 844 g/mol. The van der Waals surface area contributed by atoms with Gasteiger partial charge in [-0.3, -0.25) is 15.4 Å². The van der Waals surface area contributed by atoms with Crippen LogP contribution >= 0.6 is 0 Å². The molecule has 10 nitrogen and oxygen atoms in total. The fourth-order valence-electron chi connectivity index (χ4n) is 8.02. The van der Waals surface area contributed by atoms with Crippen LogP contribution in [0.25, 0.3) is 5.57 Å². The average Bonchev–Trinajstić information content (AvgIpc) is 3.26. The lowest BCUT2D eigenvalue weighted by Crippen LogP contribution is -2.31. The Labute approximate surface area is 369 Å². The van der Waals surface area contributed by atoms with Crippen LogP contribution in [0.5, 0.6) is 0 Å². The van der Waals surface area contributed by atoms with Gasteiger partial charge in [0.15, 0.2) is 6.54 Å². The van der Waals surface area contributed by atoms with E-state index in [4.69, 9.17) is 9.47 Å². The third-order valence-electron chi connectivity index (χ3n) is 11.8. The van der Waals surface area contributed by atoms with Crippen molar-refractivity contribution in [2.24, 2.45) is 11.8 Å². The van der Waals surface area contributed by atoms with Gasteiger partial charge in [0.05, 0.1) is 35.7 Å². The lowest BCUT2D eigenvalue weighted by molar-refractivity contribution is -0.448. The van der Waals surface area contributed by atoms with E-state index in [0.29, 0.717) is 34.4 Å². The van der Waals surface area contributed by atoms with Crippen molar-refractivity contribution in [3.63, 3.8) is 0 Å². The third-order valence-corrected chi connectivity index (χ3v) is 11.8. The summed E-state index contributed by atoms with van der Waals surface area (Å²) in [4.78, 5) is 42.8. The summed E-state index contributed by atoms with van der Waals surface area (Å²) in [6, 6.07) is 22.3. The molecule has 0 radical (unpaired) electrons. The van der Waals surface area contributed by atoms with E-state index in [1.165, 1.54) is 0 Å². The molecule has 5 rings (SSSR count). The first-order chi connectivity index (χ1) is 30.0. The van der Waals surface area contributed by atoms with Crippen LogP contribution in [0, 0.1) is 25.7 Å². The topological polar surface area (TPSA) is 120 Å². The number of nitrogens with zero attached hydrogens (tertiary/aromatic N) is 2. The van der Waals surface area contributed by atoms with Crippen LogP contribution in [0.4, 0.5) is 32.3 Å². The molecule has 0 fully saturated rings. The van der Waals surface area contributed by atoms with E-state index in [1.807, 2.05) is 24.3 Å². The molecule has 62 heavy (non-hydrogen) atoms. The summed E-state index contributed by atoms with van der Waals surface area (Å²) in [5.74, 6) is 0.188. The van der Waals surface area contributed by atoms with Crippen molar-refractivity contribution in [3.8, 4) is 0 Å². The number of aryl methyl sites for hydroxylation is 2. The van der Waals surface area contributed by atoms with Gasteiger partial charge >= 0.3 is 12.2 Å². The zero-order chi connectivity index (χ0) is 44.8. The van der Waals surface area contributed by atoms with Crippen molar-refractivity contribution in [3.05, 3.63) is 124 Å². The molecule has 3 aromatic rings. The summed E-state index contributed by atoms with van der Waals surface area (Å²) < 4.78 is 12.9. The quantitative estimate of drug-likeness (QED) is 0.0765. The Morgan fingerprint density at radius 2 is 1.31 bits per heavy atom. The minimum atomic E-state index is -0.673. The van der Waals surface area contributed by atoms with Crippen LogP contribution < -0.4 is 15.5 Å². The largest absolute Gasteiger partial charge is 0.506 e. The Bertz CT molecular complexity index is 2210. The number of ketones is 1. The molecule has 2 atom stereocenters. The molecule has 3 aromatic carbocycles. The number of amides is 2. The maximum Gasteiger partial charge on any atom is 0.411 e. The van der Waals surface area contributed by atoms with Crippen molar-refractivity contribution < 1.29 is 33.5 Å². The minimum absolute atomic E-state index is 0.0590. The number of rotatable bonds is 20. The summed E-state index contributed by atoms with van der Waals surface area (Å²) >= 11 is 0. The normalized spacial score (nSPS) is 16.6. The predicted octanol–water partition coefficient (Wildman–Crippen LogP) is 12.6. The van der Waals surface area contributed by atoms with Crippen LogP contribution in [0.1, 0.15) is 110 Å². The number of hydrogen-bond acceptors (Lipinski definition) is 7. The molecule has 0 aromatic heterocycles. The van der Waals surface area contributed by atoms with Gasteiger partial charge in [-0.25, -0.2) is 9.59 Å². The first-order valence-electron chi connectivity index (χ1n) is 22.7. The molecular formula is C52H67N4O6+. The lowest BCUT2D eigenvalue weighted by atomic mass is 9.78. The molecule has 0 saturated heterocycles. The zero-order valence-corrected chi connectivity index (χ0v) is 38.1. The summed E-state index contributed by atoms with van der Waals surface area (Å²) in [5, 5.41) is 17.6. The van der Waals surface area contributed by atoms with Gasteiger partial charge in [-0.2, -0.15) is 4.58 Å². The molecule has 330 valence electrons. The first kappa shape index (κ1) is 47.2. The highest BCUT2D eigenvalue weighted by atomic mass is 16.6. The van der Waals surface area contributed by atoms with Crippen molar-refractivity contribution in [2.75, 3.05) is 36.5 Å². The van der Waals surface area contributed by atoms with Crippen LogP contribution in [0.15, 0.2) is 108 Å². The fourth-order valence-corrected chi connectivity index (χ4v) is 8.02. The number of nitrogens with one attached hydrogen (secondary N) is 2. The Kier molecular flexibility index (Phi) is 17.3. The molecule has 10 heteroatoms. The van der Waals surface area contributed by atoms with Crippen molar-refractivity contribution in [1.82, 2.24) is 5.32 Å². The van der Waals surface area contributed by atoms with Gasteiger partial charge in [-0.05, 0) is 89.3 Å². The van der Waals surface area contributed by atoms with Crippen LogP contribution in [0.3, 0.4) is 0 Å². The van der Waals surface area contributed by atoms with Gasteiger partial charge in [0.2, 0.25) is 17.2 Å². The van der Waals surface area contributed by atoms with Gasteiger partial charge in [0.25, 0.3) is 0 Å². The smallest absolute Gasteiger partial charge is 0.411 e. The summed E-state index contributed by atoms with van der Waals surface area (Å²) in [6.07, 6.45) is 12.9. The number of benzene rings is 3. The molecule has 0 bridgehead atoms. The van der Waals surface area contributed by atoms with Gasteiger partial charge < -0.3 is 19.5 Å². The number of alkyl carbamates (subject to hydrolysis) is 1. The maximum absolute atomic E-state index is 14.5. The standard InChI is InChI=1S/C52H66N4O6/c1-9-15-17-37(11-3)33-55(39-23-19-35(7)20-24-39)41-27-29-43(45(31-41)53-51(59)61-13-5)47-49(57)48(50(47)58)44-30-28-42(32-46(44)54-52(60)62-14-6)56(34-38(12-4)18-16-10-2)40-25-21-36(8)22-26-40/h19-32,37-38H,9-18,33-34H2,1-8H3,(H2,53,54,57,58,59,60)/p+1. The average molecular weight is 844 g/mol. The highest BCUT2D eigenvalue weighted by molar-refractivity contribution is 6.40. The molecule has 2 aliphatic rings. The fraction of sp³-hybridized carbons (Fsp3) is 0.423. The molecular weight excluding hydrogens is 777 g/mol. The minimum Gasteiger partial charge on any atom is -0.506 e. The van der Waals surface area contributed by atoms with E-state index in [2.05, 4.69) is 110 Å². The van der Waals surface area contributed by atoms with Crippen LogP contribution in [-0.2, 0) is 14.3 Å². The Morgan fingerprint density at radius 3 is 1.89 bits per heavy atom. The third kappa shape index (κ3) is 11.7. The van der Waals surface area contributed by atoms with E-state index in [-0.39, 0.29) is 30.1 Å². The second kappa shape index (κ2) is 22.8. The number of carbonyl (C=O) groups is 3. The highest BCUT2D eigenvalue weighted by Crippen LogP contribution is 2.44. The molecule has 0 aliphatic heterocycles. The highest BCUT2D eigenvalue weighted by Gasteiger charge is 2.40. The lowest BCUT2D eigenvalue weighted by Gasteiger charge is -2.31. The summed E-state index contributed by atoms with van der Waals surface area (Å²) in [6.45, 7) is 18.2. The number of hydrogen-bond donors (Lipinski definition) is 3. The molecule has 0 spiro atoms. The number of aliphatic hydroxyl groups is 1. The predicted molar refractivity (Wildman–Crippen MR) is 252 cm³/mol. The van der Waals surface area contributed by atoms with E-state index in [9.17, 15) is 19.5 Å². The SMILES string of the molecule is CCCCC(CC)CN(c1ccc(C)cc1)c1ccc(C2=C(O)/C(=C3/C=CC(=[N+](CC(CC)CCCC)c4ccc(C)cc4)C=C3NC(=O)OCC)C2=O)c(NC(=O)OCC)c1. The number of unbranched alkanes of at least 4 members (excludes halogenated alkanes) is 2. The van der Waals surface area contributed by atoms with Crippen molar-refractivity contribution >= 4 is 52.0 Å². The van der Waals surface area contributed by atoms with E-state index in [0.717, 1.165) is 98.4 Å². The van der Waals surface area contributed by atoms with Gasteiger partial charge in [-0.1, -0.05) is 95.2 Å². The molecule has 0 heterocycles. The second-order valence-electron chi connectivity index (χ2n) is 16.3. The number of ether oxygens (including phenoxy) is 2. The maximum atomic E-state index is 14.5. The van der Waals surface area contributed by atoms with Gasteiger partial charge in [0, 0.05) is 59.3 Å². The van der Waals surface area contributed by atoms with Gasteiger partial charge in [-0.15, -0.1) is 0 Å². The van der Waals surface area contributed by atoms with Crippen LogP contribution in [-0.4, -0.2) is 59.7 Å². The summed E-state index contributed by atoms with van der Waals surface area (Å²) in [5.41, 5.74) is 7.46. The molecule has 2 amide bonds. The molecule has 2 unspecified atom stereocenters. The second-order valence-corrected chi connectivity index (χ2v) is 16.3. The Balaban J connectivity index is 1.64. The van der Waals surface area contributed by atoms with E-state index in [1.54, 1.807) is 26.0 Å². The number of carbonyl (C=O) groups excluding carboxylic acids is 3. The summed E-state index contributed by atoms with van der Waals surface area (Å²) in [7, 11) is 0. The molecule has 0 saturated carbocycles. The number of Topliss-reactive ketones (excluding diaryl/α,β-unsaturated/α-hetero) is 1. The number of anilines is 3. The first-order valence-corrected chi connectivity index (χ1v) is 22.7. The molecule has 2 aliphatic carbocycles. The van der Waals surface area contributed by atoms with E-state index < -0.39 is 18.0 Å². The Morgan fingerprint density at radius 1 is 0.726 bits per heavy atom. The Hall–Kier alpha value is -5.90.